The maximum Gasteiger partial charge on any atom is 0.0334 e. The van der Waals surface area contributed by atoms with Gasteiger partial charge < -0.3 is 11.1 Å². The maximum atomic E-state index is 5.56. The van der Waals surface area contributed by atoms with Crippen LogP contribution in [-0.2, 0) is 0 Å². The van der Waals surface area contributed by atoms with E-state index in [4.69, 9.17) is 5.73 Å². The number of likely N-dealkylation sites (N-methyl/N-ethyl adjacent to an activating group) is 1. The average Bonchev–Trinajstić information content (AvgIpc) is 2.00. The van der Waals surface area contributed by atoms with Crippen molar-refractivity contribution in [3.63, 3.8) is 0 Å². The highest BCUT2D eigenvalue weighted by Crippen LogP contribution is 1.92. The van der Waals surface area contributed by atoms with Crippen molar-refractivity contribution in [1.29, 1.82) is 0 Å². The SMILES string of the molecule is C=C/C=C\C(N)=C/C(=C)NC. The second-order valence-electron chi connectivity index (χ2n) is 2.01. The van der Waals surface area contributed by atoms with E-state index in [0.717, 1.165) is 5.70 Å². The van der Waals surface area contributed by atoms with Gasteiger partial charge in [0.25, 0.3) is 0 Å². The molecule has 0 bridgehead atoms. The van der Waals surface area contributed by atoms with Gasteiger partial charge in [-0.2, -0.15) is 0 Å². The zero-order valence-corrected chi connectivity index (χ0v) is 6.80. The van der Waals surface area contributed by atoms with Crippen LogP contribution in [0.3, 0.4) is 0 Å². The second kappa shape index (κ2) is 5.35. The van der Waals surface area contributed by atoms with Gasteiger partial charge in [-0.3, -0.25) is 0 Å². The third-order valence-corrected chi connectivity index (χ3v) is 1.09. The molecule has 3 N–H and O–H groups in total. The minimum Gasteiger partial charge on any atom is -0.399 e. The molecule has 0 rings (SSSR count). The molecule has 60 valence electrons. The number of nitrogens with one attached hydrogen (secondary N) is 1. The first-order valence-corrected chi connectivity index (χ1v) is 3.33. The van der Waals surface area contributed by atoms with Gasteiger partial charge in [-0.25, -0.2) is 0 Å². The van der Waals surface area contributed by atoms with Crippen molar-refractivity contribution in [2.45, 2.75) is 0 Å². The fraction of sp³-hybridized carbons (Fsp3) is 0.111. The van der Waals surface area contributed by atoms with Crippen molar-refractivity contribution < 1.29 is 0 Å². The number of nitrogens with two attached hydrogens (primary N) is 1. The first kappa shape index (κ1) is 9.56. The maximum absolute atomic E-state index is 5.56. The molecular weight excluding hydrogens is 136 g/mol. The van der Waals surface area contributed by atoms with Crippen molar-refractivity contribution in [1.82, 2.24) is 5.32 Å². The molecule has 0 aliphatic rings. The van der Waals surface area contributed by atoms with E-state index in [1.807, 2.05) is 0 Å². The van der Waals surface area contributed by atoms with Crippen LogP contribution in [0.15, 0.2) is 48.9 Å². The van der Waals surface area contributed by atoms with Gasteiger partial charge in [0.05, 0.1) is 0 Å². The Morgan fingerprint density at radius 1 is 1.55 bits per heavy atom. The standard InChI is InChI=1S/C9H14N2/c1-4-5-6-9(10)7-8(2)11-3/h4-7,11H,1-2,10H2,3H3/b6-5-,9-7+. The number of rotatable bonds is 4. The molecule has 0 atom stereocenters. The molecule has 0 heterocycles. The average molecular weight is 150 g/mol. The lowest BCUT2D eigenvalue weighted by Gasteiger charge is -1.97. The summed E-state index contributed by atoms with van der Waals surface area (Å²) in [6.45, 7) is 7.22. The molecule has 2 heteroatoms. The topological polar surface area (TPSA) is 38.0 Å². The summed E-state index contributed by atoms with van der Waals surface area (Å²) in [5, 5.41) is 2.86. The Hall–Kier alpha value is -1.44. The smallest absolute Gasteiger partial charge is 0.0334 e. The Balaban J connectivity index is 4.10. The van der Waals surface area contributed by atoms with Crippen LogP contribution in [0, 0.1) is 0 Å². The Morgan fingerprint density at radius 2 is 2.18 bits per heavy atom. The molecule has 0 amide bonds. The molecule has 0 aliphatic carbocycles. The summed E-state index contributed by atoms with van der Waals surface area (Å²) >= 11 is 0. The van der Waals surface area contributed by atoms with Crippen molar-refractivity contribution in [3.05, 3.63) is 48.9 Å². The third-order valence-electron chi connectivity index (χ3n) is 1.09. The van der Waals surface area contributed by atoms with E-state index in [0.29, 0.717) is 5.70 Å². The van der Waals surface area contributed by atoms with E-state index in [9.17, 15) is 0 Å². The Bertz CT molecular complexity index is 200. The summed E-state index contributed by atoms with van der Waals surface area (Å²) in [6.07, 6.45) is 6.95. The lowest BCUT2D eigenvalue weighted by Crippen LogP contribution is -2.04. The molecule has 0 unspecified atom stereocenters. The van der Waals surface area contributed by atoms with Gasteiger partial charge in [-0.1, -0.05) is 25.3 Å². The molecule has 0 saturated carbocycles. The van der Waals surface area contributed by atoms with Crippen LogP contribution < -0.4 is 11.1 Å². The first-order valence-electron chi connectivity index (χ1n) is 3.33. The summed E-state index contributed by atoms with van der Waals surface area (Å²) in [5.41, 5.74) is 7.01. The van der Waals surface area contributed by atoms with Crippen LogP contribution in [0.25, 0.3) is 0 Å². The van der Waals surface area contributed by atoms with Crippen molar-refractivity contribution in [2.24, 2.45) is 5.73 Å². The van der Waals surface area contributed by atoms with E-state index in [1.165, 1.54) is 0 Å². The highest BCUT2D eigenvalue weighted by Gasteiger charge is 1.83. The van der Waals surface area contributed by atoms with Crippen LogP contribution >= 0.6 is 0 Å². The van der Waals surface area contributed by atoms with Gasteiger partial charge in [0, 0.05) is 18.4 Å². The normalized spacial score (nSPS) is 11.5. The van der Waals surface area contributed by atoms with E-state index in [2.05, 4.69) is 18.5 Å². The van der Waals surface area contributed by atoms with Crippen LogP contribution in [0.2, 0.25) is 0 Å². The lowest BCUT2D eigenvalue weighted by atomic mass is 10.3. The molecule has 0 aromatic carbocycles. The summed E-state index contributed by atoms with van der Waals surface area (Å²) in [7, 11) is 1.79. The summed E-state index contributed by atoms with van der Waals surface area (Å²) in [6, 6.07) is 0. The quantitative estimate of drug-likeness (QED) is 0.593. The molecule has 0 spiro atoms. The molecule has 0 fully saturated rings. The first-order chi connectivity index (χ1) is 5.20. The molecule has 0 aromatic rings. The van der Waals surface area contributed by atoms with E-state index in [1.54, 1.807) is 31.4 Å². The minimum absolute atomic E-state index is 0.657. The summed E-state index contributed by atoms with van der Waals surface area (Å²) < 4.78 is 0. The van der Waals surface area contributed by atoms with Crippen molar-refractivity contribution in [3.8, 4) is 0 Å². The van der Waals surface area contributed by atoms with E-state index >= 15 is 0 Å². The Kier molecular flexibility index (Phi) is 4.65. The molecular formula is C9H14N2. The zero-order valence-electron chi connectivity index (χ0n) is 6.80. The van der Waals surface area contributed by atoms with Crippen LogP contribution in [0.5, 0.6) is 0 Å². The zero-order chi connectivity index (χ0) is 8.69. The fourth-order valence-electron chi connectivity index (χ4n) is 0.501. The van der Waals surface area contributed by atoms with Crippen molar-refractivity contribution >= 4 is 0 Å². The van der Waals surface area contributed by atoms with Gasteiger partial charge in [0.1, 0.15) is 0 Å². The van der Waals surface area contributed by atoms with Gasteiger partial charge in [0.2, 0.25) is 0 Å². The number of hydrogen-bond donors (Lipinski definition) is 2. The Labute approximate surface area is 67.8 Å². The third kappa shape index (κ3) is 5.03. The van der Waals surface area contributed by atoms with Crippen LogP contribution in [-0.4, -0.2) is 7.05 Å². The lowest BCUT2D eigenvalue weighted by molar-refractivity contribution is 1.03. The fourth-order valence-corrected chi connectivity index (χ4v) is 0.501. The summed E-state index contributed by atoms with van der Waals surface area (Å²) in [5.74, 6) is 0. The molecule has 2 nitrogen and oxygen atoms in total. The molecule has 0 radical (unpaired) electrons. The largest absolute Gasteiger partial charge is 0.399 e. The molecule has 0 aliphatic heterocycles. The highest BCUT2D eigenvalue weighted by atomic mass is 14.8. The number of allylic oxidation sites excluding steroid dienone is 4. The van der Waals surface area contributed by atoms with Gasteiger partial charge in [-0.15, -0.1) is 0 Å². The van der Waals surface area contributed by atoms with Gasteiger partial charge in [-0.05, 0) is 12.2 Å². The minimum atomic E-state index is 0.657. The molecule has 11 heavy (non-hydrogen) atoms. The van der Waals surface area contributed by atoms with E-state index in [-0.39, 0.29) is 0 Å². The number of hydrogen-bond acceptors (Lipinski definition) is 2. The predicted molar refractivity (Wildman–Crippen MR) is 49.8 cm³/mol. The summed E-state index contributed by atoms with van der Waals surface area (Å²) in [4.78, 5) is 0. The Morgan fingerprint density at radius 3 is 2.64 bits per heavy atom. The molecule has 0 saturated heterocycles. The highest BCUT2D eigenvalue weighted by molar-refractivity contribution is 5.26. The van der Waals surface area contributed by atoms with Gasteiger partial charge in [0.15, 0.2) is 0 Å². The van der Waals surface area contributed by atoms with Crippen molar-refractivity contribution in [2.75, 3.05) is 7.05 Å². The van der Waals surface area contributed by atoms with Crippen LogP contribution in [0.4, 0.5) is 0 Å². The van der Waals surface area contributed by atoms with E-state index < -0.39 is 0 Å². The molecule has 0 aromatic heterocycles. The second-order valence-corrected chi connectivity index (χ2v) is 2.01. The monoisotopic (exact) mass is 150 g/mol. The van der Waals surface area contributed by atoms with Gasteiger partial charge >= 0.3 is 0 Å². The predicted octanol–water partition coefficient (Wildman–Crippen LogP) is 1.30. The van der Waals surface area contributed by atoms with Crippen LogP contribution in [0.1, 0.15) is 0 Å².